The van der Waals surface area contributed by atoms with Crippen molar-refractivity contribution in [3.8, 4) is 5.75 Å². The van der Waals surface area contributed by atoms with Crippen molar-refractivity contribution in [2.45, 2.75) is 20.3 Å². The predicted octanol–water partition coefficient (Wildman–Crippen LogP) is 4.58. The van der Waals surface area contributed by atoms with E-state index in [2.05, 4.69) is 15.9 Å². The Morgan fingerprint density at radius 2 is 1.85 bits per heavy atom. The number of rotatable bonds is 5. The van der Waals surface area contributed by atoms with Crippen molar-refractivity contribution in [3.05, 3.63) is 63.6 Å². The molecule has 2 rings (SSSR count). The van der Waals surface area contributed by atoms with E-state index in [1.165, 1.54) is 5.56 Å². The minimum atomic E-state index is 0.109. The van der Waals surface area contributed by atoms with Crippen molar-refractivity contribution in [1.82, 2.24) is 0 Å². The SMILES string of the molecule is CCOc1ccc(C(=O)Cc2ccc(C)cc2)cc1Br. The number of Topliss-reactive ketones (excluding diaryl/α,β-unsaturated/α-hetero) is 1. The highest BCUT2D eigenvalue weighted by Crippen LogP contribution is 2.26. The molecule has 0 saturated carbocycles. The van der Waals surface area contributed by atoms with Crippen LogP contribution in [0.25, 0.3) is 0 Å². The summed E-state index contributed by atoms with van der Waals surface area (Å²) in [5.41, 5.74) is 2.93. The molecule has 2 aromatic carbocycles. The van der Waals surface area contributed by atoms with Crippen LogP contribution in [0.1, 0.15) is 28.4 Å². The molecule has 20 heavy (non-hydrogen) atoms. The van der Waals surface area contributed by atoms with Crippen LogP contribution in [-0.4, -0.2) is 12.4 Å². The van der Waals surface area contributed by atoms with Crippen LogP contribution >= 0.6 is 15.9 Å². The maximum Gasteiger partial charge on any atom is 0.167 e. The van der Waals surface area contributed by atoms with Crippen LogP contribution in [0.2, 0.25) is 0 Å². The first kappa shape index (κ1) is 14.8. The van der Waals surface area contributed by atoms with E-state index in [4.69, 9.17) is 4.74 Å². The molecule has 0 fully saturated rings. The number of benzene rings is 2. The zero-order valence-electron chi connectivity index (χ0n) is 11.7. The zero-order chi connectivity index (χ0) is 14.5. The highest BCUT2D eigenvalue weighted by atomic mass is 79.9. The molecule has 0 N–H and O–H groups in total. The zero-order valence-corrected chi connectivity index (χ0v) is 13.2. The first-order chi connectivity index (χ1) is 9.60. The van der Waals surface area contributed by atoms with Crippen LogP contribution in [-0.2, 0) is 6.42 Å². The number of hydrogen-bond donors (Lipinski definition) is 0. The third-order valence-corrected chi connectivity index (χ3v) is 3.66. The summed E-state index contributed by atoms with van der Waals surface area (Å²) in [6, 6.07) is 13.5. The summed E-state index contributed by atoms with van der Waals surface area (Å²) < 4.78 is 6.26. The minimum Gasteiger partial charge on any atom is -0.493 e. The van der Waals surface area contributed by atoms with Gasteiger partial charge in [-0.3, -0.25) is 4.79 Å². The lowest BCUT2D eigenvalue weighted by atomic mass is 10.0. The Morgan fingerprint density at radius 3 is 2.45 bits per heavy atom. The minimum absolute atomic E-state index is 0.109. The monoisotopic (exact) mass is 332 g/mol. The van der Waals surface area contributed by atoms with Crippen molar-refractivity contribution >= 4 is 21.7 Å². The van der Waals surface area contributed by atoms with E-state index in [1.807, 2.05) is 56.3 Å². The van der Waals surface area contributed by atoms with Crippen LogP contribution in [0.3, 0.4) is 0 Å². The lowest BCUT2D eigenvalue weighted by Gasteiger charge is -2.08. The molecule has 0 aliphatic heterocycles. The molecule has 0 heterocycles. The Bertz CT molecular complexity index is 603. The molecule has 2 nitrogen and oxygen atoms in total. The average Bonchev–Trinajstić information content (AvgIpc) is 2.44. The second kappa shape index (κ2) is 6.71. The number of carbonyl (C=O) groups excluding carboxylic acids is 1. The topological polar surface area (TPSA) is 26.3 Å². The van der Waals surface area contributed by atoms with E-state index in [1.54, 1.807) is 0 Å². The van der Waals surface area contributed by atoms with E-state index in [-0.39, 0.29) is 5.78 Å². The Kier molecular flexibility index (Phi) is 4.96. The number of hydrogen-bond acceptors (Lipinski definition) is 2. The van der Waals surface area contributed by atoms with Gasteiger partial charge in [0.25, 0.3) is 0 Å². The lowest BCUT2D eigenvalue weighted by Crippen LogP contribution is -2.04. The molecule has 0 aliphatic carbocycles. The first-order valence-electron chi connectivity index (χ1n) is 6.61. The summed E-state index contributed by atoms with van der Waals surface area (Å²) in [4.78, 5) is 12.3. The van der Waals surface area contributed by atoms with Crippen molar-refractivity contribution in [2.24, 2.45) is 0 Å². The van der Waals surface area contributed by atoms with Gasteiger partial charge in [0.2, 0.25) is 0 Å². The largest absolute Gasteiger partial charge is 0.493 e. The fraction of sp³-hybridized carbons (Fsp3) is 0.235. The number of carbonyl (C=O) groups is 1. The molecule has 0 spiro atoms. The maximum absolute atomic E-state index is 12.3. The van der Waals surface area contributed by atoms with Gasteiger partial charge in [0.15, 0.2) is 5.78 Å². The number of ether oxygens (including phenoxy) is 1. The van der Waals surface area contributed by atoms with Gasteiger partial charge in [-0.15, -0.1) is 0 Å². The summed E-state index contributed by atoms with van der Waals surface area (Å²) in [5, 5.41) is 0. The summed E-state index contributed by atoms with van der Waals surface area (Å²) >= 11 is 3.43. The predicted molar refractivity (Wildman–Crippen MR) is 84.5 cm³/mol. The summed E-state index contributed by atoms with van der Waals surface area (Å²) in [6.45, 7) is 4.58. The molecule has 104 valence electrons. The molecule has 0 radical (unpaired) electrons. The van der Waals surface area contributed by atoms with Gasteiger partial charge in [-0.1, -0.05) is 29.8 Å². The highest BCUT2D eigenvalue weighted by Gasteiger charge is 2.10. The van der Waals surface area contributed by atoms with Crippen molar-refractivity contribution in [1.29, 1.82) is 0 Å². The normalized spacial score (nSPS) is 10.3. The second-order valence-electron chi connectivity index (χ2n) is 4.66. The van der Waals surface area contributed by atoms with Crippen LogP contribution < -0.4 is 4.74 Å². The molecule has 0 saturated heterocycles. The molecule has 0 atom stereocenters. The molecular formula is C17H17BrO2. The van der Waals surface area contributed by atoms with Gasteiger partial charge in [-0.05, 0) is 53.5 Å². The maximum atomic E-state index is 12.3. The molecule has 0 aliphatic rings. The molecule has 2 aromatic rings. The van der Waals surface area contributed by atoms with Crippen LogP contribution in [0.5, 0.6) is 5.75 Å². The van der Waals surface area contributed by atoms with Crippen molar-refractivity contribution in [3.63, 3.8) is 0 Å². The van der Waals surface area contributed by atoms with Gasteiger partial charge in [-0.2, -0.15) is 0 Å². The fourth-order valence-electron chi connectivity index (χ4n) is 1.94. The molecule has 3 heteroatoms. The highest BCUT2D eigenvalue weighted by molar-refractivity contribution is 9.10. The van der Waals surface area contributed by atoms with E-state index < -0.39 is 0 Å². The fourth-order valence-corrected chi connectivity index (χ4v) is 2.43. The van der Waals surface area contributed by atoms with Gasteiger partial charge in [-0.25, -0.2) is 0 Å². The standard InChI is InChI=1S/C17H17BrO2/c1-3-20-17-9-8-14(11-15(17)18)16(19)10-13-6-4-12(2)5-7-13/h4-9,11H,3,10H2,1-2H3. The van der Waals surface area contributed by atoms with Gasteiger partial charge in [0, 0.05) is 12.0 Å². The van der Waals surface area contributed by atoms with Crippen LogP contribution in [0.15, 0.2) is 46.9 Å². The quantitative estimate of drug-likeness (QED) is 0.749. The Morgan fingerprint density at radius 1 is 1.15 bits per heavy atom. The van der Waals surface area contributed by atoms with E-state index in [0.29, 0.717) is 18.6 Å². The van der Waals surface area contributed by atoms with E-state index >= 15 is 0 Å². The number of ketones is 1. The Labute approximate surface area is 127 Å². The molecule has 0 amide bonds. The van der Waals surface area contributed by atoms with Gasteiger partial charge >= 0.3 is 0 Å². The Balaban J connectivity index is 2.13. The molecule has 0 unspecified atom stereocenters. The second-order valence-corrected chi connectivity index (χ2v) is 5.52. The third-order valence-electron chi connectivity index (χ3n) is 3.04. The van der Waals surface area contributed by atoms with Crippen LogP contribution in [0, 0.1) is 6.92 Å². The van der Waals surface area contributed by atoms with Crippen LogP contribution in [0.4, 0.5) is 0 Å². The Hall–Kier alpha value is -1.61. The molecule has 0 bridgehead atoms. The third kappa shape index (κ3) is 3.70. The van der Waals surface area contributed by atoms with Gasteiger partial charge < -0.3 is 4.74 Å². The van der Waals surface area contributed by atoms with Gasteiger partial charge in [0.1, 0.15) is 5.75 Å². The van der Waals surface area contributed by atoms with Crippen molar-refractivity contribution < 1.29 is 9.53 Å². The average molecular weight is 333 g/mol. The first-order valence-corrected chi connectivity index (χ1v) is 7.40. The van der Waals surface area contributed by atoms with E-state index in [0.717, 1.165) is 15.8 Å². The number of halogens is 1. The van der Waals surface area contributed by atoms with E-state index in [9.17, 15) is 4.79 Å². The molecule has 0 aromatic heterocycles. The smallest absolute Gasteiger partial charge is 0.167 e. The summed E-state index contributed by atoms with van der Waals surface area (Å²) in [6.07, 6.45) is 0.417. The lowest BCUT2D eigenvalue weighted by molar-refractivity contribution is 0.0993. The summed E-state index contributed by atoms with van der Waals surface area (Å²) in [7, 11) is 0. The molecular weight excluding hydrogens is 316 g/mol. The van der Waals surface area contributed by atoms with Crippen molar-refractivity contribution in [2.75, 3.05) is 6.61 Å². The number of aryl methyl sites for hydroxylation is 1. The van der Waals surface area contributed by atoms with Gasteiger partial charge in [0.05, 0.1) is 11.1 Å². The summed E-state index contributed by atoms with van der Waals surface area (Å²) in [5.74, 6) is 0.872.